The fourth-order valence-electron chi connectivity index (χ4n) is 6.25. The highest BCUT2D eigenvalue weighted by Crippen LogP contribution is 2.59. The van der Waals surface area contributed by atoms with Crippen LogP contribution in [0.15, 0.2) is 102 Å². The second-order valence-corrected chi connectivity index (χ2v) is 9.71. The van der Waals surface area contributed by atoms with Crippen LogP contribution in [0.2, 0.25) is 0 Å². The highest BCUT2D eigenvalue weighted by Gasteiger charge is 2.48. The molecule has 176 valence electrons. The fraction of sp³-hybridized carbons (Fsp3) is 0.257. The number of fused-ring (bicyclic) bond motifs is 4. The third-order valence-electron chi connectivity index (χ3n) is 7.85. The summed E-state index contributed by atoms with van der Waals surface area (Å²) in [5.41, 5.74) is 12.6. The van der Waals surface area contributed by atoms with Gasteiger partial charge >= 0.3 is 0 Å². The molecular weight excluding hydrogens is 420 g/mol. The van der Waals surface area contributed by atoms with Crippen LogP contribution in [0.3, 0.4) is 0 Å². The summed E-state index contributed by atoms with van der Waals surface area (Å²) in [5, 5.41) is 2.77. The Kier molecular flexibility index (Phi) is 6.24. The van der Waals surface area contributed by atoms with Gasteiger partial charge in [0, 0.05) is 0 Å². The van der Waals surface area contributed by atoms with E-state index in [2.05, 4.69) is 112 Å². The Morgan fingerprint density at radius 1 is 0.714 bits per heavy atom. The molecule has 0 spiro atoms. The van der Waals surface area contributed by atoms with Crippen LogP contribution < -0.4 is 0 Å². The average Bonchev–Trinajstić information content (AvgIpc) is 3.20. The lowest BCUT2D eigenvalue weighted by molar-refractivity contribution is 0.752. The Hall–Kier alpha value is -3.38. The third-order valence-corrected chi connectivity index (χ3v) is 7.85. The molecular formula is C35H36. The second kappa shape index (κ2) is 9.34. The van der Waals surface area contributed by atoms with E-state index in [4.69, 9.17) is 0 Å². The zero-order valence-electron chi connectivity index (χ0n) is 21.8. The average molecular weight is 457 g/mol. The van der Waals surface area contributed by atoms with E-state index in [9.17, 15) is 0 Å². The molecule has 0 saturated heterocycles. The van der Waals surface area contributed by atoms with Gasteiger partial charge in [-0.15, -0.1) is 0 Å². The van der Waals surface area contributed by atoms with Crippen LogP contribution in [0.4, 0.5) is 0 Å². The topological polar surface area (TPSA) is 0 Å². The van der Waals surface area contributed by atoms with Crippen molar-refractivity contribution < 1.29 is 0 Å². The van der Waals surface area contributed by atoms with E-state index in [1.54, 1.807) is 0 Å². The van der Waals surface area contributed by atoms with Gasteiger partial charge in [0.1, 0.15) is 0 Å². The van der Waals surface area contributed by atoms with Crippen LogP contribution in [-0.2, 0) is 11.8 Å². The van der Waals surface area contributed by atoms with Crippen LogP contribution >= 0.6 is 0 Å². The number of allylic oxidation sites excluding steroid dienone is 4. The van der Waals surface area contributed by atoms with Crippen molar-refractivity contribution in [3.63, 3.8) is 0 Å². The molecule has 0 amide bonds. The molecule has 2 aliphatic carbocycles. The first-order valence-electron chi connectivity index (χ1n) is 13.2. The predicted octanol–water partition coefficient (Wildman–Crippen LogP) is 9.58. The van der Waals surface area contributed by atoms with Crippen molar-refractivity contribution in [2.45, 2.75) is 59.3 Å². The van der Waals surface area contributed by atoms with E-state index in [1.807, 2.05) is 13.8 Å². The number of hydrogen-bond acceptors (Lipinski definition) is 0. The van der Waals surface area contributed by atoms with Gasteiger partial charge in [0.05, 0.1) is 5.41 Å². The lowest BCUT2D eigenvalue weighted by atomic mass is 9.65. The van der Waals surface area contributed by atoms with Crippen LogP contribution in [0.25, 0.3) is 16.3 Å². The SMILES string of the molecule is CC.CCc1ccc(C2(c3ccccc3)C3=C(CCC(C)=C3)c3c2cc(C)c2ccccc32)cc1. The highest BCUT2D eigenvalue weighted by atomic mass is 14.5. The molecule has 0 bridgehead atoms. The molecule has 2 aliphatic rings. The molecule has 0 N–H and O–H groups in total. The normalized spacial score (nSPS) is 18.5. The molecule has 0 nitrogen and oxygen atoms in total. The molecule has 0 fully saturated rings. The zero-order chi connectivity index (χ0) is 24.6. The Morgan fingerprint density at radius 3 is 2.03 bits per heavy atom. The van der Waals surface area contributed by atoms with Gasteiger partial charge in [-0.2, -0.15) is 0 Å². The van der Waals surface area contributed by atoms with E-state index in [1.165, 1.54) is 60.9 Å². The number of aryl methyl sites for hydroxylation is 2. The quantitative estimate of drug-likeness (QED) is 0.288. The standard InChI is InChI=1S/C33H30.C2H6/c1-4-24-15-17-26(18-16-24)33(25-10-6-5-7-11-25)30-20-22(2)14-19-29(30)32-28-13-9-8-12-27(28)23(3)21-31(32)33;1-2/h5-13,15-18,20-21H,4,14,19H2,1-3H3;1-2H3. The Labute approximate surface area is 211 Å². The lowest BCUT2D eigenvalue weighted by Crippen LogP contribution is -2.30. The van der Waals surface area contributed by atoms with Gasteiger partial charge in [0.25, 0.3) is 0 Å². The molecule has 4 aromatic carbocycles. The molecule has 0 heteroatoms. The first-order valence-corrected chi connectivity index (χ1v) is 13.2. The van der Waals surface area contributed by atoms with Crippen molar-refractivity contribution in [3.8, 4) is 0 Å². The first-order chi connectivity index (χ1) is 17.1. The molecule has 1 atom stereocenters. The van der Waals surface area contributed by atoms with Gasteiger partial charge < -0.3 is 0 Å². The smallest absolute Gasteiger partial charge is 0.0710 e. The van der Waals surface area contributed by atoms with E-state index in [0.717, 1.165) is 19.3 Å². The van der Waals surface area contributed by atoms with Crippen molar-refractivity contribution >= 4 is 16.3 Å². The first kappa shape index (κ1) is 23.4. The maximum atomic E-state index is 2.50. The van der Waals surface area contributed by atoms with Crippen molar-refractivity contribution in [2.24, 2.45) is 0 Å². The summed E-state index contributed by atoms with van der Waals surface area (Å²) in [6, 6.07) is 32.1. The van der Waals surface area contributed by atoms with Gasteiger partial charge in [-0.3, -0.25) is 0 Å². The largest absolute Gasteiger partial charge is 0.0727 e. The fourth-order valence-corrected chi connectivity index (χ4v) is 6.25. The van der Waals surface area contributed by atoms with E-state index in [-0.39, 0.29) is 5.41 Å². The van der Waals surface area contributed by atoms with E-state index in [0.29, 0.717) is 0 Å². The van der Waals surface area contributed by atoms with Gasteiger partial charge in [-0.05, 0) is 88.4 Å². The monoisotopic (exact) mass is 456 g/mol. The summed E-state index contributed by atoms with van der Waals surface area (Å²) in [6.45, 7) is 10.8. The molecule has 0 saturated carbocycles. The van der Waals surface area contributed by atoms with Crippen molar-refractivity contribution in [3.05, 3.63) is 136 Å². The minimum Gasteiger partial charge on any atom is -0.0727 e. The van der Waals surface area contributed by atoms with Gasteiger partial charge in [-0.25, -0.2) is 0 Å². The van der Waals surface area contributed by atoms with Crippen molar-refractivity contribution in [1.82, 2.24) is 0 Å². The van der Waals surface area contributed by atoms with Crippen LogP contribution in [0.5, 0.6) is 0 Å². The van der Waals surface area contributed by atoms with Crippen LogP contribution in [0.1, 0.15) is 73.9 Å². The maximum Gasteiger partial charge on any atom is 0.0710 e. The summed E-state index contributed by atoms with van der Waals surface area (Å²) in [6.07, 6.45) is 5.81. The molecule has 4 aromatic rings. The number of rotatable bonds is 3. The summed E-state index contributed by atoms with van der Waals surface area (Å²) in [5.74, 6) is 0. The lowest BCUT2D eigenvalue weighted by Gasteiger charge is -2.36. The second-order valence-electron chi connectivity index (χ2n) is 9.71. The minimum atomic E-state index is -0.283. The number of benzene rings is 4. The summed E-state index contributed by atoms with van der Waals surface area (Å²) in [7, 11) is 0. The summed E-state index contributed by atoms with van der Waals surface area (Å²) >= 11 is 0. The minimum absolute atomic E-state index is 0.283. The van der Waals surface area contributed by atoms with Gasteiger partial charge in [-0.1, -0.05) is 117 Å². The summed E-state index contributed by atoms with van der Waals surface area (Å²) in [4.78, 5) is 0. The van der Waals surface area contributed by atoms with Gasteiger partial charge in [0.15, 0.2) is 0 Å². The molecule has 35 heavy (non-hydrogen) atoms. The molecule has 0 heterocycles. The van der Waals surface area contributed by atoms with Crippen molar-refractivity contribution in [2.75, 3.05) is 0 Å². The zero-order valence-corrected chi connectivity index (χ0v) is 21.8. The predicted molar refractivity (Wildman–Crippen MR) is 152 cm³/mol. The molecule has 0 aromatic heterocycles. The highest BCUT2D eigenvalue weighted by molar-refractivity contribution is 6.03. The van der Waals surface area contributed by atoms with Crippen LogP contribution in [-0.4, -0.2) is 0 Å². The Morgan fingerprint density at radius 2 is 1.34 bits per heavy atom. The van der Waals surface area contributed by atoms with Crippen molar-refractivity contribution in [1.29, 1.82) is 0 Å². The molecule has 1 unspecified atom stereocenters. The van der Waals surface area contributed by atoms with Crippen LogP contribution in [0, 0.1) is 6.92 Å². The Balaban J connectivity index is 0.00000124. The molecule has 0 radical (unpaired) electrons. The van der Waals surface area contributed by atoms with Gasteiger partial charge in [0.2, 0.25) is 0 Å². The Bertz CT molecular complexity index is 1430. The van der Waals surface area contributed by atoms with E-state index >= 15 is 0 Å². The summed E-state index contributed by atoms with van der Waals surface area (Å²) < 4.78 is 0. The maximum absolute atomic E-state index is 2.50. The third kappa shape index (κ3) is 3.50. The van der Waals surface area contributed by atoms with E-state index < -0.39 is 0 Å². The molecule has 0 aliphatic heterocycles. The molecule has 6 rings (SSSR count). The number of hydrogen-bond donors (Lipinski definition) is 0.